The molecule has 166 valence electrons. The van der Waals surface area contributed by atoms with Gasteiger partial charge in [-0.15, -0.1) is 23.1 Å². The van der Waals surface area contributed by atoms with Gasteiger partial charge in [-0.05, 0) is 0 Å². The number of β-lactam (4-membered cyclic amide) rings is 1. The number of carboxylic acids is 1. The fraction of sp³-hybridized carbons (Fsp3) is 0.188. The van der Waals surface area contributed by atoms with E-state index in [1.54, 1.807) is 0 Å². The minimum Gasteiger partial charge on any atom is -0.477 e. The maximum absolute atomic E-state index is 12.7. The lowest BCUT2D eigenvalue weighted by Gasteiger charge is -2.49. The quantitative estimate of drug-likeness (QED) is 0.102. The number of amides is 2. The van der Waals surface area contributed by atoms with Gasteiger partial charge in [-0.25, -0.2) is 9.78 Å². The molecule has 13 nitrogen and oxygen atoms in total. The zero-order valence-corrected chi connectivity index (χ0v) is 18.0. The van der Waals surface area contributed by atoms with Gasteiger partial charge in [-0.1, -0.05) is 16.9 Å². The van der Waals surface area contributed by atoms with E-state index in [2.05, 4.69) is 15.5 Å². The lowest BCUT2D eigenvalue weighted by molar-refractivity contribution is -0.150. The van der Waals surface area contributed by atoms with Crippen molar-refractivity contribution in [1.82, 2.24) is 15.2 Å². The third kappa shape index (κ3) is 3.32. The number of oxime groups is 1. The van der Waals surface area contributed by atoms with Crippen LogP contribution in [0, 0.1) is 0 Å². The summed E-state index contributed by atoms with van der Waals surface area (Å²) in [6, 6.07) is -1.09. The van der Waals surface area contributed by atoms with Gasteiger partial charge in [0.25, 0.3) is 17.2 Å². The van der Waals surface area contributed by atoms with Crippen LogP contribution in [0.25, 0.3) is 0 Å². The molecule has 4 rings (SSSR count). The van der Waals surface area contributed by atoms with Crippen LogP contribution in [0.2, 0.25) is 0 Å². The monoisotopic (exact) mass is 496 g/mol. The predicted octanol–water partition coefficient (Wildman–Crippen LogP) is -1.43. The second kappa shape index (κ2) is 7.95. The number of aliphatic carboxylic acids is 1. The lowest BCUT2D eigenvalue weighted by atomic mass is 10.0. The van der Waals surface area contributed by atoms with Crippen LogP contribution in [0.3, 0.4) is 0 Å². The van der Waals surface area contributed by atoms with E-state index in [1.165, 1.54) is 5.38 Å². The van der Waals surface area contributed by atoms with Gasteiger partial charge in [0.05, 0.1) is 4.90 Å². The van der Waals surface area contributed by atoms with Crippen molar-refractivity contribution in [3.63, 3.8) is 0 Å². The van der Waals surface area contributed by atoms with Crippen molar-refractivity contribution in [2.75, 3.05) is 17.2 Å². The molecule has 1 aromatic heterocycles. The Kier molecular flexibility index (Phi) is 5.43. The summed E-state index contributed by atoms with van der Waals surface area (Å²) in [6.45, 7) is 0. The summed E-state index contributed by atoms with van der Waals surface area (Å²) in [7, 11) is 0. The van der Waals surface area contributed by atoms with Gasteiger partial charge in [0.2, 0.25) is 5.43 Å². The van der Waals surface area contributed by atoms with E-state index in [0.717, 1.165) is 39.8 Å². The van der Waals surface area contributed by atoms with Crippen LogP contribution in [0.5, 0.6) is 0 Å². The second-order valence-corrected chi connectivity index (χ2v) is 9.56. The molecule has 2 aliphatic rings. The number of nitrogens with zero attached hydrogens (tertiary/aromatic N) is 3. The molecule has 0 spiro atoms. The van der Waals surface area contributed by atoms with Crippen molar-refractivity contribution < 1.29 is 24.7 Å². The molecule has 16 heteroatoms. The average Bonchev–Trinajstić information content (AvgIpc) is 3.20. The number of thioether (sulfide) groups is 2. The van der Waals surface area contributed by atoms with E-state index in [-0.39, 0.29) is 37.8 Å². The fourth-order valence-corrected chi connectivity index (χ4v) is 6.20. The van der Waals surface area contributed by atoms with E-state index in [1.807, 2.05) is 0 Å². The van der Waals surface area contributed by atoms with Crippen LogP contribution in [-0.2, 0) is 14.4 Å². The number of thiazole rings is 1. The van der Waals surface area contributed by atoms with Crippen LogP contribution in [0.4, 0.5) is 10.8 Å². The number of carbonyl (C=O) groups is 3. The molecule has 0 bridgehead atoms. The number of nitrogen functional groups attached to an aromatic ring is 2. The molecule has 0 radical (unpaired) electrons. The van der Waals surface area contributed by atoms with Crippen LogP contribution < -0.4 is 27.6 Å². The first-order chi connectivity index (χ1) is 15.1. The molecule has 7 N–H and O–H groups in total. The van der Waals surface area contributed by atoms with Gasteiger partial charge in [0.1, 0.15) is 28.5 Å². The molecular weight excluding hydrogens is 484 g/mol. The van der Waals surface area contributed by atoms with Crippen molar-refractivity contribution in [2.24, 2.45) is 5.16 Å². The molecule has 2 aromatic rings. The van der Waals surface area contributed by atoms with E-state index in [0.29, 0.717) is 0 Å². The molecule has 2 atom stereocenters. The van der Waals surface area contributed by atoms with Crippen molar-refractivity contribution in [3.8, 4) is 0 Å². The summed E-state index contributed by atoms with van der Waals surface area (Å²) in [4.78, 5) is 65.0. The number of aromatic nitrogens is 1. The number of fused-ring (bicyclic) bond motifs is 1. The summed E-state index contributed by atoms with van der Waals surface area (Å²) in [6.07, 6.45) is 0. The zero-order chi connectivity index (χ0) is 23.3. The summed E-state index contributed by atoms with van der Waals surface area (Å²) in [5.41, 5.74) is 8.33. The van der Waals surface area contributed by atoms with Crippen molar-refractivity contribution in [2.45, 2.75) is 16.3 Å². The lowest BCUT2D eigenvalue weighted by Crippen LogP contribution is -2.71. The molecule has 0 unspecified atom stereocenters. The minimum atomic E-state index is -1.41. The Morgan fingerprint density at radius 2 is 2.00 bits per heavy atom. The third-order valence-electron chi connectivity index (χ3n) is 4.63. The molecule has 32 heavy (non-hydrogen) atoms. The average molecular weight is 497 g/mol. The van der Waals surface area contributed by atoms with Gasteiger partial charge in [0, 0.05) is 16.0 Å². The Labute approximate surface area is 189 Å². The van der Waals surface area contributed by atoms with Gasteiger partial charge in [-0.2, -0.15) is 0 Å². The Morgan fingerprint density at radius 1 is 1.28 bits per heavy atom. The van der Waals surface area contributed by atoms with Crippen LogP contribution >= 0.6 is 34.9 Å². The molecule has 2 aliphatic heterocycles. The van der Waals surface area contributed by atoms with Gasteiger partial charge in [0.15, 0.2) is 10.8 Å². The Morgan fingerprint density at radius 3 is 2.56 bits per heavy atom. The first-order valence-corrected chi connectivity index (χ1v) is 11.3. The molecule has 1 aromatic carbocycles. The number of hydrogen-bond donors (Lipinski definition) is 5. The number of rotatable bonds is 6. The van der Waals surface area contributed by atoms with E-state index in [4.69, 9.17) is 11.5 Å². The van der Waals surface area contributed by atoms with E-state index >= 15 is 0 Å². The van der Waals surface area contributed by atoms with E-state index in [9.17, 15) is 34.3 Å². The highest BCUT2D eigenvalue weighted by atomic mass is 32.2. The number of carbonyl (C=O) groups excluding carboxylic acids is 2. The van der Waals surface area contributed by atoms with Crippen LogP contribution in [0.1, 0.15) is 5.69 Å². The normalized spacial score (nSPS) is 20.8. The highest BCUT2D eigenvalue weighted by molar-refractivity contribution is 8.06. The summed E-state index contributed by atoms with van der Waals surface area (Å²) >= 11 is 2.91. The number of anilines is 2. The Bertz CT molecular complexity index is 1310. The van der Waals surface area contributed by atoms with Crippen molar-refractivity contribution in [3.05, 3.63) is 42.1 Å². The Hall–Kier alpha value is -3.37. The first kappa shape index (κ1) is 21.8. The third-order valence-corrected chi connectivity index (χ3v) is 7.96. The largest absolute Gasteiger partial charge is 0.477 e. The maximum atomic E-state index is 12.7. The Balaban J connectivity index is 1.54. The molecule has 3 heterocycles. The van der Waals surface area contributed by atoms with Gasteiger partial charge < -0.3 is 27.1 Å². The van der Waals surface area contributed by atoms with Crippen molar-refractivity contribution >= 4 is 69.2 Å². The number of hydrogen-bond acceptors (Lipinski definition) is 13. The van der Waals surface area contributed by atoms with Gasteiger partial charge in [-0.3, -0.25) is 24.1 Å². The summed E-state index contributed by atoms with van der Waals surface area (Å²) < 4.78 is 0. The van der Waals surface area contributed by atoms with E-state index < -0.39 is 45.8 Å². The highest BCUT2D eigenvalue weighted by Gasteiger charge is 2.54. The molecule has 2 amide bonds. The molecule has 0 saturated carbocycles. The van der Waals surface area contributed by atoms with Gasteiger partial charge >= 0.3 is 5.97 Å². The SMILES string of the molecule is Nc1nc(/C(=N/O)C(=O)N[C@@H]2C(=O)N3C(C(=O)O)=C(Sc4c(N)c(=O)c4=O)CS[C@H]23)cs1. The molecule has 1 saturated heterocycles. The number of nitrogens with one attached hydrogen (secondary N) is 1. The topological polar surface area (TPSA) is 218 Å². The van der Waals surface area contributed by atoms with Crippen LogP contribution in [-0.4, -0.2) is 60.9 Å². The zero-order valence-electron chi connectivity index (χ0n) is 15.6. The predicted molar refractivity (Wildman–Crippen MR) is 116 cm³/mol. The van der Waals surface area contributed by atoms with Crippen molar-refractivity contribution in [1.29, 1.82) is 0 Å². The molecule has 1 fully saturated rings. The standard InChI is InChI=1S/C16H12N6O7S3/c17-5-9(23)10(24)11(5)32-4-2-30-14-7(13(26)22(14)8(4)15(27)28)20-12(25)6(21-29)3-1-31-16(18)19-3/h1,7,14,29H,2,17H2,(H2,18,19)(H,20,25)(H,27,28)/b21-6-/t7-,14-/m1/s1. The first-order valence-electron chi connectivity index (χ1n) is 8.57. The fourth-order valence-electron chi connectivity index (χ4n) is 3.10. The van der Waals surface area contributed by atoms with Crippen LogP contribution in [0.15, 0.2) is 35.6 Å². The highest BCUT2D eigenvalue weighted by Crippen LogP contribution is 2.45. The maximum Gasteiger partial charge on any atom is 0.353 e. The second-order valence-electron chi connectivity index (χ2n) is 6.46. The number of nitrogens with two attached hydrogens (primary N) is 2. The number of carboxylic acid groups (broad SMARTS) is 1. The minimum absolute atomic E-state index is 0.0165. The summed E-state index contributed by atoms with van der Waals surface area (Å²) in [5, 5.41) is 25.0. The molecule has 0 aliphatic carbocycles. The molecular formula is C16H12N6O7S3. The summed E-state index contributed by atoms with van der Waals surface area (Å²) in [5.74, 6) is -2.92. The smallest absolute Gasteiger partial charge is 0.353 e.